The number of carbonyl (C=O) groups excluding carboxylic acids is 1. The average molecular weight is 1160 g/mol. The number of phosphoric ester groups is 1. The van der Waals surface area contributed by atoms with Crippen molar-refractivity contribution in [3.63, 3.8) is 0 Å². The van der Waals surface area contributed by atoms with Gasteiger partial charge in [0.05, 0.1) is 39.9 Å². The molecule has 3 unspecified atom stereocenters. The van der Waals surface area contributed by atoms with Gasteiger partial charge in [0.1, 0.15) is 13.2 Å². The summed E-state index contributed by atoms with van der Waals surface area (Å²) in [5.41, 5.74) is 0. The maximum atomic E-state index is 13.0. The fourth-order valence-electron chi connectivity index (χ4n) is 10.8. The van der Waals surface area contributed by atoms with Crippen LogP contribution < -0.4 is 10.2 Å². The number of hydrogen-bond donors (Lipinski definition) is 2. The van der Waals surface area contributed by atoms with Crippen LogP contribution in [-0.2, 0) is 18.4 Å². The number of rotatable bonds is 66. The zero-order valence-electron chi connectivity index (χ0n) is 54.8. The third-order valence-corrected chi connectivity index (χ3v) is 17.2. The molecule has 8 nitrogen and oxygen atoms in total. The van der Waals surface area contributed by atoms with Gasteiger partial charge in [-0.25, -0.2) is 0 Å². The molecular formula is C72H139N2O6P. The predicted molar refractivity (Wildman–Crippen MR) is 353 cm³/mol. The molecule has 0 radical (unpaired) electrons. The monoisotopic (exact) mass is 1160 g/mol. The van der Waals surface area contributed by atoms with Crippen LogP contribution in [0.15, 0.2) is 48.6 Å². The lowest BCUT2D eigenvalue weighted by atomic mass is 10.0. The van der Waals surface area contributed by atoms with E-state index in [2.05, 4.69) is 55.6 Å². The summed E-state index contributed by atoms with van der Waals surface area (Å²) in [5.74, 6) is -0.193. The number of hydrogen-bond acceptors (Lipinski definition) is 6. The van der Waals surface area contributed by atoms with Crippen molar-refractivity contribution in [2.45, 2.75) is 366 Å². The molecular weight excluding hydrogens is 1020 g/mol. The van der Waals surface area contributed by atoms with Gasteiger partial charge in [0.25, 0.3) is 7.82 Å². The molecule has 0 aromatic heterocycles. The Hall–Kier alpha value is -1.54. The molecule has 0 aromatic carbocycles. The second-order valence-electron chi connectivity index (χ2n) is 25.6. The van der Waals surface area contributed by atoms with Crippen molar-refractivity contribution in [2.24, 2.45) is 0 Å². The predicted octanol–water partition coefficient (Wildman–Crippen LogP) is 22.0. The molecule has 0 fully saturated rings. The molecule has 0 saturated carbocycles. The number of nitrogens with zero attached hydrogens (tertiary/aromatic N) is 1. The molecule has 0 aliphatic carbocycles. The molecule has 0 aromatic rings. The molecule has 0 aliphatic heterocycles. The molecule has 0 heterocycles. The Morgan fingerprint density at radius 1 is 0.432 bits per heavy atom. The number of likely N-dealkylation sites (N-methyl/N-ethyl adjacent to an activating group) is 1. The number of carbonyl (C=O) groups is 1. The van der Waals surface area contributed by atoms with E-state index in [4.69, 9.17) is 9.05 Å². The van der Waals surface area contributed by atoms with Crippen molar-refractivity contribution < 1.29 is 32.9 Å². The third kappa shape index (κ3) is 65.9. The summed E-state index contributed by atoms with van der Waals surface area (Å²) >= 11 is 0. The van der Waals surface area contributed by atoms with Crippen LogP contribution in [-0.4, -0.2) is 68.5 Å². The number of aliphatic hydroxyl groups is 1. The number of amides is 1. The van der Waals surface area contributed by atoms with E-state index in [1.807, 2.05) is 27.2 Å². The largest absolute Gasteiger partial charge is 0.756 e. The minimum atomic E-state index is -4.61. The summed E-state index contributed by atoms with van der Waals surface area (Å²) in [5, 5.41) is 14.0. The quantitative estimate of drug-likeness (QED) is 0.0272. The molecule has 0 bridgehead atoms. The summed E-state index contributed by atoms with van der Waals surface area (Å²) in [4.78, 5) is 25.6. The molecule has 1 amide bonds. The van der Waals surface area contributed by atoms with E-state index in [9.17, 15) is 19.4 Å². The zero-order chi connectivity index (χ0) is 59.1. The minimum absolute atomic E-state index is 0.000708. The van der Waals surface area contributed by atoms with Gasteiger partial charge in [-0.2, -0.15) is 0 Å². The number of aliphatic hydroxyl groups excluding tert-OH is 1. The van der Waals surface area contributed by atoms with Gasteiger partial charge in [-0.1, -0.05) is 339 Å². The lowest BCUT2D eigenvalue weighted by Gasteiger charge is -2.29. The van der Waals surface area contributed by atoms with Crippen molar-refractivity contribution in [1.29, 1.82) is 0 Å². The molecule has 3 atom stereocenters. The molecule has 9 heteroatoms. The minimum Gasteiger partial charge on any atom is -0.756 e. The first-order valence-corrected chi connectivity index (χ1v) is 37.0. The summed E-state index contributed by atoms with van der Waals surface area (Å²) in [7, 11) is 1.27. The topological polar surface area (TPSA) is 108 Å². The first kappa shape index (κ1) is 79.5. The fourth-order valence-corrected chi connectivity index (χ4v) is 11.5. The SMILES string of the molecule is CCCCCCC/C=C\C/C=C\C/C=C\CCCCCCCCCCCCCCCCC(=O)NC(COP(=O)([O-])OCC[N+](C)(C)C)C(O)/C=C/CCCCCCCCCCCCCCCCCCCCCCCCCCCCCC. The van der Waals surface area contributed by atoms with Crippen molar-refractivity contribution in [1.82, 2.24) is 5.32 Å². The van der Waals surface area contributed by atoms with Gasteiger partial charge in [-0.05, 0) is 57.8 Å². The lowest BCUT2D eigenvalue weighted by molar-refractivity contribution is -0.870. The molecule has 0 aliphatic rings. The maximum absolute atomic E-state index is 13.0. The van der Waals surface area contributed by atoms with Crippen molar-refractivity contribution in [3.8, 4) is 0 Å². The van der Waals surface area contributed by atoms with Crippen LogP contribution in [0.2, 0.25) is 0 Å². The van der Waals surface area contributed by atoms with Gasteiger partial charge in [0.15, 0.2) is 0 Å². The zero-order valence-corrected chi connectivity index (χ0v) is 55.6. The van der Waals surface area contributed by atoms with Gasteiger partial charge in [0.2, 0.25) is 5.91 Å². The second kappa shape index (κ2) is 63.0. The first-order chi connectivity index (χ1) is 39.5. The third-order valence-electron chi connectivity index (χ3n) is 16.3. The number of unbranched alkanes of at least 4 members (excludes halogenated alkanes) is 47. The number of quaternary nitrogens is 1. The Balaban J connectivity index is 4.06. The van der Waals surface area contributed by atoms with Crippen LogP contribution in [0, 0.1) is 0 Å². The van der Waals surface area contributed by atoms with Gasteiger partial charge in [0, 0.05) is 6.42 Å². The van der Waals surface area contributed by atoms with E-state index in [0.717, 1.165) is 51.4 Å². The lowest BCUT2D eigenvalue weighted by Crippen LogP contribution is -2.45. The van der Waals surface area contributed by atoms with Crippen molar-refractivity contribution >= 4 is 13.7 Å². The van der Waals surface area contributed by atoms with Crippen LogP contribution >= 0.6 is 7.82 Å². The molecule has 81 heavy (non-hydrogen) atoms. The maximum Gasteiger partial charge on any atom is 0.268 e. The Morgan fingerprint density at radius 3 is 1.04 bits per heavy atom. The Morgan fingerprint density at radius 2 is 0.716 bits per heavy atom. The standard InChI is InChI=1S/C72H139N2O6P/c1-6-8-10-12-14-16-18-20-22-24-26-28-30-32-34-36-38-39-41-43-45-47-49-51-53-55-57-59-61-63-65-71(75)70(69-80-81(77,78)79-68-67-74(3,4)5)73-72(76)66-64-62-60-58-56-54-52-50-48-46-44-42-40-37-35-33-31-29-27-25-23-21-19-17-15-13-11-9-7-2/h19,21,25,27,31,33,63,65,70-71,75H,6-18,20,22-24,26,28-30,32,34-62,64,66-69H2,1-5H3,(H-,73,76,77,78)/b21-19-,27-25-,33-31-,65-63+. The van der Waals surface area contributed by atoms with E-state index >= 15 is 0 Å². The molecule has 0 spiro atoms. The van der Waals surface area contributed by atoms with Crippen LogP contribution in [0.3, 0.4) is 0 Å². The van der Waals surface area contributed by atoms with Crippen molar-refractivity contribution in [2.75, 3.05) is 40.9 Å². The fraction of sp³-hybridized carbons (Fsp3) is 0.875. The second-order valence-corrected chi connectivity index (χ2v) is 27.0. The Kier molecular flexibility index (Phi) is 61.8. The van der Waals surface area contributed by atoms with E-state index in [0.29, 0.717) is 17.4 Å². The normalized spacial score (nSPS) is 13.9. The average Bonchev–Trinajstić information content (AvgIpc) is 3.43. The molecule has 2 N–H and O–H groups in total. The highest BCUT2D eigenvalue weighted by Gasteiger charge is 2.23. The summed E-state index contributed by atoms with van der Waals surface area (Å²) < 4.78 is 23.5. The van der Waals surface area contributed by atoms with Gasteiger partial charge >= 0.3 is 0 Å². The summed E-state index contributed by atoms with van der Waals surface area (Å²) in [6, 6.07) is -0.890. The van der Waals surface area contributed by atoms with Crippen LogP contribution in [0.5, 0.6) is 0 Å². The van der Waals surface area contributed by atoms with E-state index in [-0.39, 0.29) is 19.1 Å². The summed E-state index contributed by atoms with van der Waals surface area (Å²) in [6.45, 7) is 4.69. The van der Waals surface area contributed by atoms with Gasteiger partial charge in [-0.15, -0.1) is 0 Å². The molecule has 0 rings (SSSR count). The van der Waals surface area contributed by atoms with Crippen LogP contribution in [0.4, 0.5) is 0 Å². The summed E-state index contributed by atoms with van der Waals surface area (Å²) in [6.07, 6.45) is 85.2. The highest BCUT2D eigenvalue weighted by atomic mass is 31.2. The van der Waals surface area contributed by atoms with Crippen LogP contribution in [0.1, 0.15) is 354 Å². The first-order valence-electron chi connectivity index (χ1n) is 35.5. The number of nitrogens with one attached hydrogen (secondary N) is 1. The molecule has 478 valence electrons. The number of phosphoric acid groups is 1. The Bertz CT molecular complexity index is 1460. The van der Waals surface area contributed by atoms with Crippen molar-refractivity contribution in [3.05, 3.63) is 48.6 Å². The smallest absolute Gasteiger partial charge is 0.268 e. The van der Waals surface area contributed by atoms with Crippen LogP contribution in [0.25, 0.3) is 0 Å². The molecule has 0 saturated heterocycles. The van der Waals surface area contributed by atoms with E-state index in [1.54, 1.807) is 6.08 Å². The Labute approximate surface area is 505 Å². The van der Waals surface area contributed by atoms with E-state index < -0.39 is 20.0 Å². The van der Waals surface area contributed by atoms with Gasteiger partial charge < -0.3 is 28.8 Å². The van der Waals surface area contributed by atoms with Gasteiger partial charge in [-0.3, -0.25) is 9.36 Å². The van der Waals surface area contributed by atoms with E-state index in [1.165, 1.54) is 283 Å². The highest BCUT2D eigenvalue weighted by molar-refractivity contribution is 7.45. The number of allylic oxidation sites excluding steroid dienone is 7. The highest BCUT2D eigenvalue weighted by Crippen LogP contribution is 2.38.